The number of nitrogens with one attached hydrogen (secondary N) is 1. The van der Waals surface area contributed by atoms with E-state index >= 15 is 0 Å². The Hall–Kier alpha value is -1.47. The lowest BCUT2D eigenvalue weighted by atomic mass is 10.1. The first-order valence-electron chi connectivity index (χ1n) is 6.11. The van der Waals surface area contributed by atoms with E-state index in [4.69, 9.17) is 0 Å². The van der Waals surface area contributed by atoms with Crippen LogP contribution in [0.5, 0.6) is 0 Å². The van der Waals surface area contributed by atoms with Crippen molar-refractivity contribution in [3.63, 3.8) is 0 Å². The van der Waals surface area contributed by atoms with Gasteiger partial charge >= 0.3 is 0 Å². The molecule has 7 heteroatoms. The number of hydrogen-bond donors (Lipinski definition) is 1. The molecule has 0 saturated carbocycles. The number of benzene rings is 1. The first-order chi connectivity index (χ1) is 8.88. The summed E-state index contributed by atoms with van der Waals surface area (Å²) in [5.41, 5.74) is -0.404. The van der Waals surface area contributed by atoms with Crippen LogP contribution in [-0.2, 0) is 10.0 Å². The molecule has 0 aliphatic rings. The zero-order valence-corrected chi connectivity index (χ0v) is 11.8. The van der Waals surface area contributed by atoms with Crippen LogP contribution < -0.4 is 4.72 Å². The van der Waals surface area contributed by atoms with Crippen LogP contribution in [0, 0.1) is 16.0 Å². The molecule has 0 aliphatic carbocycles. The highest BCUT2D eigenvalue weighted by Crippen LogP contribution is 2.22. The fourth-order valence-electron chi connectivity index (χ4n) is 1.76. The largest absolute Gasteiger partial charge is 0.289 e. The van der Waals surface area contributed by atoms with Gasteiger partial charge in [0.15, 0.2) is 4.90 Å². The molecule has 0 fully saturated rings. The highest BCUT2D eigenvalue weighted by atomic mass is 32.2. The fraction of sp³-hybridized carbons (Fsp3) is 0.500. The lowest BCUT2D eigenvalue weighted by Gasteiger charge is -2.12. The van der Waals surface area contributed by atoms with Gasteiger partial charge < -0.3 is 0 Å². The normalized spacial score (nSPS) is 13.2. The van der Waals surface area contributed by atoms with Gasteiger partial charge in [-0.05, 0) is 18.4 Å². The van der Waals surface area contributed by atoms with Crippen LogP contribution in [0.4, 0.5) is 5.69 Å². The molecular weight excluding hydrogens is 268 g/mol. The van der Waals surface area contributed by atoms with E-state index in [-0.39, 0.29) is 17.4 Å². The Morgan fingerprint density at radius 1 is 1.37 bits per heavy atom. The van der Waals surface area contributed by atoms with Gasteiger partial charge in [0, 0.05) is 12.6 Å². The Labute approximate surface area is 113 Å². The maximum Gasteiger partial charge on any atom is 0.289 e. The van der Waals surface area contributed by atoms with Crippen molar-refractivity contribution in [3.8, 4) is 0 Å². The van der Waals surface area contributed by atoms with Gasteiger partial charge in [-0.3, -0.25) is 10.1 Å². The Bertz CT molecular complexity index is 542. The smallest absolute Gasteiger partial charge is 0.258 e. The third-order valence-corrected chi connectivity index (χ3v) is 4.23. The molecule has 19 heavy (non-hydrogen) atoms. The van der Waals surface area contributed by atoms with Crippen LogP contribution >= 0.6 is 0 Å². The number of nitrogens with zero attached hydrogens (tertiary/aromatic N) is 1. The van der Waals surface area contributed by atoms with E-state index in [9.17, 15) is 18.5 Å². The van der Waals surface area contributed by atoms with Gasteiger partial charge in [-0.2, -0.15) is 0 Å². The van der Waals surface area contributed by atoms with Crippen LogP contribution in [0.25, 0.3) is 0 Å². The predicted octanol–water partition coefficient (Wildman–Crippen LogP) is 2.31. The Balaban J connectivity index is 2.92. The maximum absolute atomic E-state index is 12.1. The summed E-state index contributed by atoms with van der Waals surface area (Å²) < 4.78 is 26.5. The van der Waals surface area contributed by atoms with E-state index in [1.54, 1.807) is 0 Å². The predicted molar refractivity (Wildman–Crippen MR) is 72.4 cm³/mol. The minimum atomic E-state index is -3.84. The first-order valence-corrected chi connectivity index (χ1v) is 7.60. The number of nitro groups is 1. The molecule has 1 aromatic rings. The number of rotatable bonds is 7. The second kappa shape index (κ2) is 6.63. The van der Waals surface area contributed by atoms with Gasteiger partial charge in [0.1, 0.15) is 0 Å². The summed E-state index contributed by atoms with van der Waals surface area (Å²) in [5.74, 6) is 0.197. The van der Waals surface area contributed by atoms with E-state index in [1.165, 1.54) is 24.3 Å². The number of para-hydroxylation sites is 1. The third-order valence-electron chi connectivity index (χ3n) is 2.75. The summed E-state index contributed by atoms with van der Waals surface area (Å²) in [5, 5.41) is 10.8. The van der Waals surface area contributed by atoms with Gasteiger partial charge in [0.25, 0.3) is 5.69 Å². The second-order valence-electron chi connectivity index (χ2n) is 4.47. The van der Waals surface area contributed by atoms with Gasteiger partial charge in [-0.25, -0.2) is 13.1 Å². The molecule has 0 spiro atoms. The summed E-state index contributed by atoms with van der Waals surface area (Å²) in [7, 11) is -3.84. The van der Waals surface area contributed by atoms with Crippen molar-refractivity contribution in [3.05, 3.63) is 34.4 Å². The van der Waals surface area contributed by atoms with E-state index in [0.717, 1.165) is 12.8 Å². The summed E-state index contributed by atoms with van der Waals surface area (Å²) in [4.78, 5) is 9.84. The quantitative estimate of drug-likeness (QED) is 0.615. The van der Waals surface area contributed by atoms with Crippen LogP contribution in [0.1, 0.15) is 26.7 Å². The second-order valence-corrected chi connectivity index (χ2v) is 6.21. The lowest BCUT2D eigenvalue weighted by molar-refractivity contribution is -0.387. The average molecular weight is 286 g/mol. The Morgan fingerprint density at radius 3 is 2.58 bits per heavy atom. The first kappa shape index (κ1) is 15.6. The van der Waals surface area contributed by atoms with E-state index in [0.29, 0.717) is 0 Å². The molecule has 0 saturated heterocycles. The molecular formula is C12H18N2O4S. The van der Waals surface area contributed by atoms with Crippen molar-refractivity contribution in [1.29, 1.82) is 0 Å². The molecule has 0 bridgehead atoms. The highest BCUT2D eigenvalue weighted by molar-refractivity contribution is 7.89. The zero-order valence-electron chi connectivity index (χ0n) is 11.0. The number of nitro benzene ring substituents is 1. The average Bonchev–Trinajstić information content (AvgIpc) is 2.37. The van der Waals surface area contributed by atoms with Crippen LogP contribution in [0.3, 0.4) is 0 Å². The van der Waals surface area contributed by atoms with Crippen molar-refractivity contribution < 1.29 is 13.3 Å². The highest BCUT2D eigenvalue weighted by Gasteiger charge is 2.24. The van der Waals surface area contributed by atoms with Gasteiger partial charge in [-0.1, -0.05) is 32.4 Å². The summed E-state index contributed by atoms with van der Waals surface area (Å²) in [6.45, 7) is 4.24. The molecule has 1 aromatic carbocycles. The van der Waals surface area contributed by atoms with Crippen LogP contribution in [0.2, 0.25) is 0 Å². The molecule has 0 aromatic heterocycles. The van der Waals surface area contributed by atoms with Crippen molar-refractivity contribution in [1.82, 2.24) is 4.72 Å². The summed E-state index contributed by atoms with van der Waals surface area (Å²) in [6.07, 6.45) is 1.87. The Kier molecular flexibility index (Phi) is 5.44. The Morgan fingerprint density at radius 2 is 2.00 bits per heavy atom. The molecule has 1 rings (SSSR count). The topological polar surface area (TPSA) is 89.3 Å². The van der Waals surface area contributed by atoms with Crippen LogP contribution in [0.15, 0.2) is 29.2 Å². The maximum atomic E-state index is 12.1. The minimum Gasteiger partial charge on any atom is -0.258 e. The van der Waals surface area contributed by atoms with E-state index in [2.05, 4.69) is 4.72 Å². The molecule has 0 aliphatic heterocycles. The van der Waals surface area contributed by atoms with E-state index in [1.807, 2.05) is 13.8 Å². The monoisotopic (exact) mass is 286 g/mol. The molecule has 1 atom stereocenters. The zero-order chi connectivity index (χ0) is 14.5. The number of hydrogen-bond acceptors (Lipinski definition) is 4. The SMILES string of the molecule is CCCC(C)CNS(=O)(=O)c1ccccc1[N+](=O)[O-]. The van der Waals surface area contributed by atoms with Crippen molar-refractivity contribution in [2.45, 2.75) is 31.6 Å². The van der Waals surface area contributed by atoms with Crippen LogP contribution in [-0.4, -0.2) is 19.9 Å². The van der Waals surface area contributed by atoms with Crippen molar-refractivity contribution in [2.24, 2.45) is 5.92 Å². The van der Waals surface area contributed by atoms with E-state index < -0.39 is 20.6 Å². The molecule has 6 nitrogen and oxygen atoms in total. The molecule has 1 N–H and O–H groups in total. The van der Waals surface area contributed by atoms with Gasteiger partial charge in [-0.15, -0.1) is 0 Å². The minimum absolute atomic E-state index is 0.197. The van der Waals surface area contributed by atoms with Gasteiger partial charge in [0.2, 0.25) is 10.0 Å². The molecule has 106 valence electrons. The summed E-state index contributed by atoms with van der Waals surface area (Å²) >= 11 is 0. The fourth-order valence-corrected chi connectivity index (χ4v) is 3.09. The molecule has 0 radical (unpaired) electrons. The number of sulfonamides is 1. The van der Waals surface area contributed by atoms with Crippen molar-refractivity contribution >= 4 is 15.7 Å². The van der Waals surface area contributed by atoms with Crippen molar-refractivity contribution in [2.75, 3.05) is 6.54 Å². The molecule has 0 amide bonds. The third kappa shape index (κ3) is 4.29. The summed E-state index contributed by atoms with van der Waals surface area (Å²) in [6, 6.07) is 5.34. The lowest BCUT2D eigenvalue weighted by Crippen LogP contribution is -2.28. The molecule has 0 heterocycles. The molecule has 1 unspecified atom stereocenters. The van der Waals surface area contributed by atoms with Gasteiger partial charge in [0.05, 0.1) is 4.92 Å². The standard InChI is InChI=1S/C12H18N2O4S/c1-3-6-10(2)9-13-19(17,18)12-8-5-4-7-11(12)14(15)16/h4-5,7-8,10,13H,3,6,9H2,1-2H3.